The molecule has 1 rings (SSSR count). The number of hydrogen-bond acceptors (Lipinski definition) is 3. The highest BCUT2D eigenvalue weighted by atomic mass is 16.4. The summed E-state index contributed by atoms with van der Waals surface area (Å²) in [6.07, 6.45) is 2.73. The minimum absolute atomic E-state index is 0.0138. The summed E-state index contributed by atoms with van der Waals surface area (Å²) in [5.41, 5.74) is 0. The summed E-state index contributed by atoms with van der Waals surface area (Å²) >= 11 is 0. The summed E-state index contributed by atoms with van der Waals surface area (Å²) in [7, 11) is 1.87. The second-order valence-electron chi connectivity index (χ2n) is 4.29. The number of nitrogens with one attached hydrogen (secondary N) is 2. The Balaban J connectivity index is 2.20. The summed E-state index contributed by atoms with van der Waals surface area (Å²) in [6.45, 7) is 1.54. The van der Waals surface area contributed by atoms with E-state index in [1.54, 1.807) is 0 Å². The molecule has 1 aliphatic rings. The molecule has 1 aliphatic carbocycles. The number of aliphatic carboxylic acids is 1. The molecular formula is C11H20N2O3. The molecule has 5 heteroatoms. The Hall–Kier alpha value is -1.10. The van der Waals surface area contributed by atoms with E-state index in [1.165, 1.54) is 0 Å². The first-order chi connectivity index (χ1) is 7.65. The fourth-order valence-electron chi connectivity index (χ4n) is 2.07. The van der Waals surface area contributed by atoms with E-state index in [0.29, 0.717) is 25.8 Å². The third-order valence-electron chi connectivity index (χ3n) is 3.06. The second-order valence-corrected chi connectivity index (χ2v) is 4.29. The topological polar surface area (TPSA) is 78.4 Å². The van der Waals surface area contributed by atoms with Crippen molar-refractivity contribution in [2.75, 3.05) is 20.1 Å². The molecule has 0 saturated heterocycles. The summed E-state index contributed by atoms with van der Waals surface area (Å²) in [4.78, 5) is 22.4. The molecule has 3 N–H and O–H groups in total. The maximum absolute atomic E-state index is 11.7. The molecule has 0 aromatic carbocycles. The Labute approximate surface area is 95.6 Å². The predicted octanol–water partition coefficient (Wildman–Crippen LogP) is 0.213. The first kappa shape index (κ1) is 13.0. The van der Waals surface area contributed by atoms with Crippen LogP contribution in [0.25, 0.3) is 0 Å². The average molecular weight is 228 g/mol. The van der Waals surface area contributed by atoms with Crippen molar-refractivity contribution in [3.63, 3.8) is 0 Å². The SMILES string of the molecule is CNCCCNC(=O)C1CCC(C(=O)O)C1. The van der Waals surface area contributed by atoms with Crippen LogP contribution in [0.4, 0.5) is 0 Å². The standard InChI is InChI=1S/C11H20N2O3/c1-12-5-2-6-13-10(14)8-3-4-9(7-8)11(15)16/h8-9,12H,2-7H2,1H3,(H,13,14)(H,15,16). The molecule has 5 nitrogen and oxygen atoms in total. The van der Waals surface area contributed by atoms with E-state index in [1.807, 2.05) is 7.05 Å². The van der Waals surface area contributed by atoms with Crippen molar-refractivity contribution in [3.8, 4) is 0 Å². The van der Waals surface area contributed by atoms with Crippen molar-refractivity contribution in [1.82, 2.24) is 10.6 Å². The largest absolute Gasteiger partial charge is 0.481 e. The van der Waals surface area contributed by atoms with Crippen molar-refractivity contribution >= 4 is 11.9 Å². The second kappa shape index (κ2) is 6.48. The van der Waals surface area contributed by atoms with Crippen LogP contribution in [0, 0.1) is 11.8 Å². The Kier molecular flexibility index (Phi) is 5.25. The maximum Gasteiger partial charge on any atom is 0.306 e. The fourth-order valence-corrected chi connectivity index (χ4v) is 2.07. The molecule has 0 radical (unpaired) electrons. The van der Waals surface area contributed by atoms with E-state index in [0.717, 1.165) is 13.0 Å². The number of carboxylic acids is 1. The summed E-state index contributed by atoms with van der Waals surface area (Å²) in [5, 5.41) is 14.7. The quantitative estimate of drug-likeness (QED) is 0.568. The van der Waals surface area contributed by atoms with Gasteiger partial charge in [0.1, 0.15) is 0 Å². The molecule has 1 amide bonds. The monoisotopic (exact) mass is 228 g/mol. The zero-order valence-electron chi connectivity index (χ0n) is 9.66. The van der Waals surface area contributed by atoms with Gasteiger partial charge in [0, 0.05) is 12.5 Å². The maximum atomic E-state index is 11.7. The highest BCUT2D eigenvalue weighted by Crippen LogP contribution is 2.30. The summed E-state index contributed by atoms with van der Waals surface area (Å²) in [5.74, 6) is -1.19. The Morgan fingerprint density at radius 2 is 1.94 bits per heavy atom. The summed E-state index contributed by atoms with van der Waals surface area (Å²) < 4.78 is 0. The number of carbonyl (C=O) groups excluding carboxylic acids is 1. The van der Waals surface area contributed by atoms with Gasteiger partial charge < -0.3 is 15.7 Å². The number of amides is 1. The van der Waals surface area contributed by atoms with E-state index in [2.05, 4.69) is 10.6 Å². The van der Waals surface area contributed by atoms with Crippen LogP contribution in [0.2, 0.25) is 0 Å². The molecule has 2 atom stereocenters. The van der Waals surface area contributed by atoms with E-state index in [-0.39, 0.29) is 17.7 Å². The van der Waals surface area contributed by atoms with E-state index < -0.39 is 5.97 Å². The highest BCUT2D eigenvalue weighted by Gasteiger charge is 2.33. The lowest BCUT2D eigenvalue weighted by atomic mass is 10.0. The van der Waals surface area contributed by atoms with Crippen LogP contribution in [0.15, 0.2) is 0 Å². The normalized spacial score (nSPS) is 24.3. The molecule has 92 valence electrons. The van der Waals surface area contributed by atoms with Crippen LogP contribution in [0.5, 0.6) is 0 Å². The third kappa shape index (κ3) is 3.81. The van der Waals surface area contributed by atoms with E-state index >= 15 is 0 Å². The Bertz CT molecular complexity index is 256. The van der Waals surface area contributed by atoms with Gasteiger partial charge in [-0.05, 0) is 39.3 Å². The van der Waals surface area contributed by atoms with Gasteiger partial charge >= 0.3 is 5.97 Å². The average Bonchev–Trinajstić information content (AvgIpc) is 2.73. The van der Waals surface area contributed by atoms with Gasteiger partial charge in [0.25, 0.3) is 0 Å². The van der Waals surface area contributed by atoms with Gasteiger partial charge in [-0.25, -0.2) is 0 Å². The van der Waals surface area contributed by atoms with Crippen molar-refractivity contribution in [2.45, 2.75) is 25.7 Å². The molecular weight excluding hydrogens is 208 g/mol. The van der Waals surface area contributed by atoms with Crippen LogP contribution in [0.3, 0.4) is 0 Å². The molecule has 2 unspecified atom stereocenters. The molecule has 1 saturated carbocycles. The van der Waals surface area contributed by atoms with Gasteiger partial charge in [-0.3, -0.25) is 9.59 Å². The van der Waals surface area contributed by atoms with Gasteiger partial charge in [-0.1, -0.05) is 0 Å². The molecule has 16 heavy (non-hydrogen) atoms. The van der Waals surface area contributed by atoms with Crippen LogP contribution in [0.1, 0.15) is 25.7 Å². The van der Waals surface area contributed by atoms with Crippen LogP contribution in [-0.4, -0.2) is 37.1 Å². The van der Waals surface area contributed by atoms with Gasteiger partial charge in [0.2, 0.25) is 5.91 Å². The molecule has 0 aromatic heterocycles. The third-order valence-corrected chi connectivity index (χ3v) is 3.06. The Morgan fingerprint density at radius 3 is 2.50 bits per heavy atom. The van der Waals surface area contributed by atoms with Gasteiger partial charge in [-0.15, -0.1) is 0 Å². The first-order valence-electron chi connectivity index (χ1n) is 5.80. The van der Waals surface area contributed by atoms with Crippen LogP contribution >= 0.6 is 0 Å². The van der Waals surface area contributed by atoms with Gasteiger partial charge in [0.15, 0.2) is 0 Å². The lowest BCUT2D eigenvalue weighted by molar-refractivity contribution is -0.141. The molecule has 0 bridgehead atoms. The Morgan fingerprint density at radius 1 is 1.25 bits per heavy atom. The predicted molar refractivity (Wildman–Crippen MR) is 60.0 cm³/mol. The summed E-state index contributed by atoms with van der Waals surface area (Å²) in [6, 6.07) is 0. The van der Waals surface area contributed by atoms with Crippen LogP contribution in [-0.2, 0) is 9.59 Å². The molecule has 1 fully saturated rings. The zero-order valence-corrected chi connectivity index (χ0v) is 9.66. The number of carbonyl (C=O) groups is 2. The van der Waals surface area contributed by atoms with Crippen molar-refractivity contribution < 1.29 is 14.7 Å². The number of hydrogen-bond donors (Lipinski definition) is 3. The number of carboxylic acid groups (broad SMARTS) is 1. The lowest BCUT2D eigenvalue weighted by Gasteiger charge is -2.10. The fraction of sp³-hybridized carbons (Fsp3) is 0.818. The highest BCUT2D eigenvalue weighted by molar-refractivity contribution is 5.80. The van der Waals surface area contributed by atoms with Crippen molar-refractivity contribution in [1.29, 1.82) is 0 Å². The lowest BCUT2D eigenvalue weighted by Crippen LogP contribution is -2.31. The first-order valence-corrected chi connectivity index (χ1v) is 5.80. The van der Waals surface area contributed by atoms with E-state index in [9.17, 15) is 9.59 Å². The van der Waals surface area contributed by atoms with Crippen LogP contribution < -0.4 is 10.6 Å². The zero-order chi connectivity index (χ0) is 12.0. The molecule has 0 heterocycles. The smallest absolute Gasteiger partial charge is 0.306 e. The number of rotatable bonds is 6. The molecule has 0 aliphatic heterocycles. The minimum atomic E-state index is -0.773. The van der Waals surface area contributed by atoms with Crippen molar-refractivity contribution in [3.05, 3.63) is 0 Å². The molecule has 0 spiro atoms. The van der Waals surface area contributed by atoms with Gasteiger partial charge in [-0.2, -0.15) is 0 Å². The van der Waals surface area contributed by atoms with Crippen molar-refractivity contribution in [2.24, 2.45) is 11.8 Å². The molecule has 0 aromatic rings. The minimum Gasteiger partial charge on any atom is -0.481 e. The van der Waals surface area contributed by atoms with E-state index in [4.69, 9.17) is 5.11 Å². The van der Waals surface area contributed by atoms with Gasteiger partial charge in [0.05, 0.1) is 5.92 Å².